The molecule has 1 saturated heterocycles. The molecule has 108 valence electrons. The number of H-pyrrole nitrogens is 1. The van der Waals surface area contributed by atoms with Crippen molar-refractivity contribution >= 4 is 16.6 Å². The SMILES string of the molecule is CC(C)CN1CCC(Nc2ccc3[nH]ccc3c2)CC1. The van der Waals surface area contributed by atoms with Crippen molar-refractivity contribution in [3.8, 4) is 0 Å². The van der Waals surface area contributed by atoms with Gasteiger partial charge in [0.25, 0.3) is 0 Å². The number of benzene rings is 1. The fourth-order valence-electron chi connectivity index (χ4n) is 3.16. The van der Waals surface area contributed by atoms with Gasteiger partial charge < -0.3 is 15.2 Å². The topological polar surface area (TPSA) is 31.1 Å². The number of nitrogens with zero attached hydrogens (tertiary/aromatic N) is 1. The Balaban J connectivity index is 1.56. The van der Waals surface area contributed by atoms with Crippen LogP contribution in [0.5, 0.6) is 0 Å². The van der Waals surface area contributed by atoms with Crippen LogP contribution < -0.4 is 5.32 Å². The van der Waals surface area contributed by atoms with Gasteiger partial charge in [-0.15, -0.1) is 0 Å². The Bertz CT molecular complexity index is 550. The van der Waals surface area contributed by atoms with Crippen molar-refractivity contribution in [2.45, 2.75) is 32.7 Å². The monoisotopic (exact) mass is 271 g/mol. The number of aromatic nitrogens is 1. The number of likely N-dealkylation sites (tertiary alicyclic amines) is 1. The zero-order valence-corrected chi connectivity index (χ0v) is 12.5. The van der Waals surface area contributed by atoms with Gasteiger partial charge in [-0.2, -0.15) is 0 Å². The molecule has 0 atom stereocenters. The molecule has 2 aromatic rings. The first-order valence-corrected chi connectivity index (χ1v) is 7.77. The third-order valence-electron chi connectivity index (χ3n) is 4.14. The van der Waals surface area contributed by atoms with E-state index in [9.17, 15) is 0 Å². The highest BCUT2D eigenvalue weighted by molar-refractivity contribution is 5.83. The molecule has 1 aliphatic heterocycles. The second-order valence-corrected chi connectivity index (χ2v) is 6.39. The average Bonchev–Trinajstić information content (AvgIpc) is 2.88. The lowest BCUT2D eigenvalue weighted by Gasteiger charge is -2.33. The molecule has 1 aromatic carbocycles. The van der Waals surface area contributed by atoms with E-state index in [1.807, 2.05) is 6.20 Å². The molecule has 1 fully saturated rings. The second kappa shape index (κ2) is 5.88. The minimum Gasteiger partial charge on any atom is -0.382 e. The molecule has 0 unspecified atom stereocenters. The maximum absolute atomic E-state index is 3.70. The van der Waals surface area contributed by atoms with Crippen molar-refractivity contribution in [3.63, 3.8) is 0 Å². The summed E-state index contributed by atoms with van der Waals surface area (Å²) in [5, 5.41) is 4.98. The van der Waals surface area contributed by atoms with E-state index in [2.05, 4.69) is 53.3 Å². The summed E-state index contributed by atoms with van der Waals surface area (Å²) in [4.78, 5) is 5.84. The first kappa shape index (κ1) is 13.5. The summed E-state index contributed by atoms with van der Waals surface area (Å²) in [6.07, 6.45) is 4.49. The highest BCUT2D eigenvalue weighted by Crippen LogP contribution is 2.21. The summed E-state index contributed by atoms with van der Waals surface area (Å²) in [7, 11) is 0. The van der Waals surface area contributed by atoms with E-state index >= 15 is 0 Å². The van der Waals surface area contributed by atoms with Crippen molar-refractivity contribution in [3.05, 3.63) is 30.5 Å². The lowest BCUT2D eigenvalue weighted by atomic mass is 10.0. The molecule has 0 aliphatic carbocycles. The molecule has 0 amide bonds. The van der Waals surface area contributed by atoms with Crippen LogP contribution in [-0.4, -0.2) is 35.6 Å². The van der Waals surface area contributed by atoms with Gasteiger partial charge in [0, 0.05) is 48.5 Å². The summed E-state index contributed by atoms with van der Waals surface area (Å²) in [5.41, 5.74) is 2.46. The summed E-state index contributed by atoms with van der Waals surface area (Å²) in [6.45, 7) is 8.29. The number of nitrogens with one attached hydrogen (secondary N) is 2. The quantitative estimate of drug-likeness (QED) is 0.888. The van der Waals surface area contributed by atoms with Crippen LogP contribution in [0.15, 0.2) is 30.5 Å². The van der Waals surface area contributed by atoms with Gasteiger partial charge in [0.05, 0.1) is 0 Å². The maximum atomic E-state index is 3.70. The van der Waals surface area contributed by atoms with Gasteiger partial charge in [-0.3, -0.25) is 0 Å². The number of anilines is 1. The molecular weight excluding hydrogens is 246 g/mol. The van der Waals surface area contributed by atoms with Crippen molar-refractivity contribution in [2.75, 3.05) is 25.0 Å². The Morgan fingerprint density at radius 2 is 2.05 bits per heavy atom. The van der Waals surface area contributed by atoms with Crippen LogP contribution in [0.1, 0.15) is 26.7 Å². The van der Waals surface area contributed by atoms with Gasteiger partial charge in [-0.05, 0) is 43.0 Å². The van der Waals surface area contributed by atoms with Crippen LogP contribution in [0.3, 0.4) is 0 Å². The summed E-state index contributed by atoms with van der Waals surface area (Å²) in [5.74, 6) is 0.774. The van der Waals surface area contributed by atoms with E-state index in [0.717, 1.165) is 5.92 Å². The van der Waals surface area contributed by atoms with Crippen LogP contribution >= 0.6 is 0 Å². The first-order chi connectivity index (χ1) is 9.70. The normalized spacial score (nSPS) is 17.9. The van der Waals surface area contributed by atoms with E-state index in [1.165, 1.54) is 49.1 Å². The largest absolute Gasteiger partial charge is 0.382 e. The number of hydrogen-bond acceptors (Lipinski definition) is 2. The van der Waals surface area contributed by atoms with Gasteiger partial charge in [0.2, 0.25) is 0 Å². The fourth-order valence-corrected chi connectivity index (χ4v) is 3.16. The maximum Gasteiger partial charge on any atom is 0.0455 e. The minimum atomic E-state index is 0.620. The Morgan fingerprint density at radius 3 is 2.80 bits per heavy atom. The average molecular weight is 271 g/mol. The lowest BCUT2D eigenvalue weighted by molar-refractivity contribution is 0.198. The second-order valence-electron chi connectivity index (χ2n) is 6.39. The third-order valence-corrected chi connectivity index (χ3v) is 4.14. The third kappa shape index (κ3) is 3.15. The molecule has 3 rings (SSSR count). The number of rotatable bonds is 4. The zero-order valence-electron chi connectivity index (χ0n) is 12.5. The Kier molecular flexibility index (Phi) is 3.97. The van der Waals surface area contributed by atoms with Gasteiger partial charge in [0.1, 0.15) is 0 Å². The van der Waals surface area contributed by atoms with Crippen molar-refractivity contribution < 1.29 is 0 Å². The molecule has 2 N–H and O–H groups in total. The van der Waals surface area contributed by atoms with E-state index in [4.69, 9.17) is 0 Å². The molecule has 0 saturated carbocycles. The fraction of sp³-hybridized carbons (Fsp3) is 0.529. The molecule has 2 heterocycles. The standard InChI is InChI=1S/C17H25N3/c1-13(2)12-20-9-6-15(7-10-20)19-16-3-4-17-14(11-16)5-8-18-17/h3-5,8,11,13,15,18-19H,6-7,9-10,12H2,1-2H3. The van der Waals surface area contributed by atoms with Crippen LogP contribution in [0.4, 0.5) is 5.69 Å². The molecule has 20 heavy (non-hydrogen) atoms. The Hall–Kier alpha value is -1.48. The van der Waals surface area contributed by atoms with Crippen LogP contribution in [-0.2, 0) is 0 Å². The van der Waals surface area contributed by atoms with E-state index < -0.39 is 0 Å². The van der Waals surface area contributed by atoms with E-state index in [0.29, 0.717) is 6.04 Å². The smallest absolute Gasteiger partial charge is 0.0455 e. The number of fused-ring (bicyclic) bond motifs is 1. The van der Waals surface area contributed by atoms with E-state index in [-0.39, 0.29) is 0 Å². The molecule has 1 aromatic heterocycles. The van der Waals surface area contributed by atoms with Crippen LogP contribution in [0.25, 0.3) is 10.9 Å². The molecule has 0 spiro atoms. The number of hydrogen-bond donors (Lipinski definition) is 2. The predicted molar refractivity (Wildman–Crippen MR) is 86.2 cm³/mol. The van der Waals surface area contributed by atoms with Crippen LogP contribution in [0.2, 0.25) is 0 Å². The molecule has 0 radical (unpaired) electrons. The van der Waals surface area contributed by atoms with Gasteiger partial charge >= 0.3 is 0 Å². The van der Waals surface area contributed by atoms with Crippen molar-refractivity contribution in [1.29, 1.82) is 0 Å². The first-order valence-electron chi connectivity index (χ1n) is 7.77. The highest BCUT2D eigenvalue weighted by atomic mass is 15.1. The molecular formula is C17H25N3. The predicted octanol–water partition coefficient (Wildman–Crippen LogP) is 3.70. The zero-order chi connectivity index (χ0) is 13.9. The highest BCUT2D eigenvalue weighted by Gasteiger charge is 2.19. The summed E-state index contributed by atoms with van der Waals surface area (Å²) >= 11 is 0. The Morgan fingerprint density at radius 1 is 1.25 bits per heavy atom. The number of piperidine rings is 1. The summed E-state index contributed by atoms with van der Waals surface area (Å²) in [6, 6.07) is 9.33. The van der Waals surface area contributed by atoms with Crippen molar-refractivity contribution in [1.82, 2.24) is 9.88 Å². The van der Waals surface area contributed by atoms with Crippen molar-refractivity contribution in [2.24, 2.45) is 5.92 Å². The summed E-state index contributed by atoms with van der Waals surface area (Å²) < 4.78 is 0. The Labute approximate surface area is 121 Å². The van der Waals surface area contributed by atoms with Gasteiger partial charge in [0.15, 0.2) is 0 Å². The van der Waals surface area contributed by atoms with Gasteiger partial charge in [-0.25, -0.2) is 0 Å². The molecule has 3 nitrogen and oxygen atoms in total. The lowest BCUT2D eigenvalue weighted by Crippen LogP contribution is -2.40. The molecule has 0 bridgehead atoms. The minimum absolute atomic E-state index is 0.620. The molecule has 3 heteroatoms. The number of aromatic amines is 1. The van der Waals surface area contributed by atoms with E-state index in [1.54, 1.807) is 0 Å². The molecule has 1 aliphatic rings. The van der Waals surface area contributed by atoms with Gasteiger partial charge in [-0.1, -0.05) is 13.8 Å². The van der Waals surface area contributed by atoms with Crippen LogP contribution in [0, 0.1) is 5.92 Å².